The van der Waals surface area contributed by atoms with Gasteiger partial charge in [0.2, 0.25) is 6.41 Å². The van der Waals surface area contributed by atoms with Crippen molar-refractivity contribution in [3.05, 3.63) is 0 Å². The Labute approximate surface area is 108 Å². The minimum absolute atomic E-state index is 0.161. The zero-order valence-electron chi connectivity index (χ0n) is 11.8. The van der Waals surface area contributed by atoms with E-state index < -0.39 is 12.0 Å². The van der Waals surface area contributed by atoms with Gasteiger partial charge >= 0.3 is 0 Å². The van der Waals surface area contributed by atoms with E-state index in [4.69, 9.17) is 9.57 Å². The number of rotatable bonds is 4. The van der Waals surface area contributed by atoms with Crippen LogP contribution in [0.2, 0.25) is 0 Å². The smallest absolute Gasteiger partial charge is 0.263 e. The van der Waals surface area contributed by atoms with Crippen LogP contribution in [0, 0.1) is 0 Å². The lowest BCUT2D eigenvalue weighted by Gasteiger charge is -2.33. The number of carbonyl (C=O) groups is 1. The summed E-state index contributed by atoms with van der Waals surface area (Å²) in [5.41, 5.74) is -0.456. The number of hydrogen-bond acceptors (Lipinski definition) is 5. The fourth-order valence-corrected chi connectivity index (χ4v) is 2.00. The summed E-state index contributed by atoms with van der Waals surface area (Å²) in [6.07, 6.45) is 0.502. The largest absolute Gasteiger partial charge is 0.356 e. The molecule has 0 bridgehead atoms. The van der Waals surface area contributed by atoms with Gasteiger partial charge < -0.3 is 9.84 Å². The number of likely N-dealkylation sites (N-methyl/N-ethyl adjacent to an activating group) is 1. The summed E-state index contributed by atoms with van der Waals surface area (Å²) in [7, 11) is 3.01. The molecule has 0 saturated carbocycles. The third-order valence-electron chi connectivity index (χ3n) is 2.91. The summed E-state index contributed by atoms with van der Waals surface area (Å²) in [5, 5.41) is 11.2. The van der Waals surface area contributed by atoms with Gasteiger partial charge in [0.1, 0.15) is 0 Å². The fourth-order valence-electron chi connectivity index (χ4n) is 2.00. The molecule has 106 valence electrons. The van der Waals surface area contributed by atoms with Crippen molar-refractivity contribution in [2.75, 3.05) is 20.7 Å². The first kappa shape index (κ1) is 15.4. The Morgan fingerprint density at radius 1 is 1.50 bits per heavy atom. The summed E-state index contributed by atoms with van der Waals surface area (Å²) >= 11 is 0. The van der Waals surface area contributed by atoms with Crippen LogP contribution in [0.15, 0.2) is 0 Å². The molecule has 18 heavy (non-hydrogen) atoms. The van der Waals surface area contributed by atoms with Crippen LogP contribution in [0.1, 0.15) is 33.6 Å². The summed E-state index contributed by atoms with van der Waals surface area (Å²) < 4.78 is 5.49. The van der Waals surface area contributed by atoms with Gasteiger partial charge in [-0.1, -0.05) is 0 Å². The molecule has 1 rings (SSSR count). The highest BCUT2D eigenvalue weighted by atomic mass is 16.7. The third-order valence-corrected chi connectivity index (χ3v) is 2.91. The van der Waals surface area contributed by atoms with Crippen molar-refractivity contribution in [1.29, 1.82) is 0 Å². The van der Waals surface area contributed by atoms with Crippen molar-refractivity contribution >= 4 is 5.91 Å². The van der Waals surface area contributed by atoms with Crippen LogP contribution in [0.25, 0.3) is 0 Å². The van der Waals surface area contributed by atoms with E-state index in [0.29, 0.717) is 13.0 Å². The standard InChI is InChI=1S/C12H24N2O4/c1-12(2,3)18-11(16)14-8-6-7-9(14)10(15)13(4)17-5/h9,11,16H,6-8H2,1-5H3. The number of nitrogens with zero attached hydrogens (tertiary/aromatic N) is 2. The molecule has 0 aromatic carbocycles. The van der Waals surface area contributed by atoms with Crippen LogP contribution in [0.3, 0.4) is 0 Å². The Bertz CT molecular complexity index is 290. The quantitative estimate of drug-likeness (QED) is 0.591. The molecule has 1 heterocycles. The van der Waals surface area contributed by atoms with Crippen LogP contribution in [-0.2, 0) is 14.4 Å². The average Bonchev–Trinajstić information content (AvgIpc) is 2.73. The molecule has 0 aliphatic carbocycles. The van der Waals surface area contributed by atoms with Crippen molar-refractivity contribution in [2.45, 2.75) is 51.7 Å². The lowest BCUT2D eigenvalue weighted by atomic mass is 10.2. The lowest BCUT2D eigenvalue weighted by molar-refractivity contribution is -0.245. The second-order valence-electron chi connectivity index (χ2n) is 5.47. The molecule has 0 spiro atoms. The van der Waals surface area contributed by atoms with E-state index in [1.54, 1.807) is 11.9 Å². The van der Waals surface area contributed by atoms with Crippen molar-refractivity contribution in [3.63, 3.8) is 0 Å². The minimum Gasteiger partial charge on any atom is -0.356 e. The van der Waals surface area contributed by atoms with Gasteiger partial charge in [0.05, 0.1) is 18.8 Å². The third kappa shape index (κ3) is 3.91. The van der Waals surface area contributed by atoms with E-state index in [-0.39, 0.29) is 11.9 Å². The zero-order valence-corrected chi connectivity index (χ0v) is 11.8. The topological polar surface area (TPSA) is 62.2 Å². The van der Waals surface area contributed by atoms with Gasteiger partial charge in [-0.25, -0.2) is 9.96 Å². The molecule has 0 aromatic heterocycles. The predicted octanol–water partition coefficient (Wildman–Crippen LogP) is 0.562. The monoisotopic (exact) mass is 260 g/mol. The molecule has 6 nitrogen and oxygen atoms in total. The maximum atomic E-state index is 12.0. The summed E-state index contributed by atoms with van der Waals surface area (Å²) in [4.78, 5) is 18.6. The highest BCUT2D eigenvalue weighted by molar-refractivity contribution is 5.81. The number of aliphatic hydroxyl groups excluding tert-OH is 1. The first-order chi connectivity index (χ1) is 8.26. The van der Waals surface area contributed by atoms with Crippen molar-refractivity contribution in [2.24, 2.45) is 0 Å². The van der Waals surface area contributed by atoms with Gasteiger partial charge in [-0.2, -0.15) is 0 Å². The van der Waals surface area contributed by atoms with Crippen LogP contribution in [-0.4, -0.2) is 59.7 Å². The average molecular weight is 260 g/mol. The van der Waals surface area contributed by atoms with Crippen molar-refractivity contribution in [1.82, 2.24) is 9.96 Å². The van der Waals surface area contributed by atoms with Gasteiger partial charge in [0, 0.05) is 13.6 Å². The highest BCUT2D eigenvalue weighted by Gasteiger charge is 2.38. The second kappa shape index (κ2) is 5.97. The summed E-state index contributed by atoms with van der Waals surface area (Å²) in [6.45, 7) is 6.24. The van der Waals surface area contributed by atoms with Crippen LogP contribution in [0.4, 0.5) is 0 Å². The molecule has 0 aromatic rings. The Balaban J connectivity index is 2.67. The minimum atomic E-state index is -1.06. The van der Waals surface area contributed by atoms with E-state index in [1.165, 1.54) is 12.2 Å². The van der Waals surface area contributed by atoms with Crippen LogP contribution >= 0.6 is 0 Å². The maximum Gasteiger partial charge on any atom is 0.263 e. The molecule has 1 fully saturated rings. The Morgan fingerprint density at radius 3 is 2.61 bits per heavy atom. The summed E-state index contributed by atoms with van der Waals surface area (Å²) in [6, 6.07) is -0.382. The molecule has 1 saturated heterocycles. The maximum absolute atomic E-state index is 12.0. The van der Waals surface area contributed by atoms with Gasteiger partial charge in [0.15, 0.2) is 0 Å². The zero-order chi connectivity index (χ0) is 13.9. The normalized spacial score (nSPS) is 23.1. The van der Waals surface area contributed by atoms with E-state index >= 15 is 0 Å². The number of carbonyl (C=O) groups excluding carboxylic acids is 1. The summed E-state index contributed by atoms with van der Waals surface area (Å²) in [5.74, 6) is -0.161. The molecular formula is C12H24N2O4. The number of likely N-dealkylation sites (tertiary alicyclic amines) is 1. The van der Waals surface area contributed by atoms with Gasteiger partial charge in [-0.05, 0) is 33.6 Å². The number of hydroxylamine groups is 2. The first-order valence-electron chi connectivity index (χ1n) is 6.19. The highest BCUT2D eigenvalue weighted by Crippen LogP contribution is 2.23. The molecule has 0 radical (unpaired) electrons. The number of hydrogen-bond donors (Lipinski definition) is 1. The number of amides is 1. The lowest BCUT2D eigenvalue weighted by Crippen LogP contribution is -2.50. The van der Waals surface area contributed by atoms with E-state index in [2.05, 4.69) is 0 Å². The van der Waals surface area contributed by atoms with E-state index in [1.807, 2.05) is 20.8 Å². The number of ether oxygens (including phenoxy) is 1. The van der Waals surface area contributed by atoms with Crippen LogP contribution < -0.4 is 0 Å². The van der Waals surface area contributed by atoms with E-state index in [0.717, 1.165) is 6.42 Å². The molecule has 2 unspecified atom stereocenters. The Kier molecular flexibility index (Phi) is 5.10. The predicted molar refractivity (Wildman–Crippen MR) is 66.4 cm³/mol. The second-order valence-corrected chi connectivity index (χ2v) is 5.47. The molecular weight excluding hydrogens is 236 g/mol. The molecule has 1 aliphatic rings. The molecule has 6 heteroatoms. The van der Waals surface area contributed by atoms with Crippen molar-refractivity contribution in [3.8, 4) is 0 Å². The first-order valence-corrected chi connectivity index (χ1v) is 6.19. The SMILES string of the molecule is CON(C)C(=O)C1CCCN1C(O)OC(C)(C)C. The molecule has 1 N–H and O–H groups in total. The number of aliphatic hydroxyl groups is 1. The molecule has 1 amide bonds. The van der Waals surface area contributed by atoms with Crippen LogP contribution in [0.5, 0.6) is 0 Å². The van der Waals surface area contributed by atoms with Gasteiger partial charge in [-0.3, -0.25) is 9.63 Å². The van der Waals surface area contributed by atoms with E-state index in [9.17, 15) is 9.90 Å². The molecule has 1 aliphatic heterocycles. The van der Waals surface area contributed by atoms with Gasteiger partial charge in [-0.15, -0.1) is 0 Å². The molecule has 2 atom stereocenters. The Hall–Kier alpha value is -0.690. The fraction of sp³-hybridized carbons (Fsp3) is 0.917. The van der Waals surface area contributed by atoms with Crippen molar-refractivity contribution < 1.29 is 19.5 Å². The van der Waals surface area contributed by atoms with Gasteiger partial charge in [0.25, 0.3) is 5.91 Å². The Morgan fingerprint density at radius 2 is 2.11 bits per heavy atom.